The highest BCUT2D eigenvalue weighted by molar-refractivity contribution is 5.88. The molecule has 0 saturated carbocycles. The van der Waals surface area contributed by atoms with Crippen LogP contribution in [-0.2, 0) is 11.3 Å². The number of nitrogens with one attached hydrogen (secondary N) is 1. The predicted molar refractivity (Wildman–Crippen MR) is 74.8 cm³/mol. The second-order valence-corrected chi connectivity index (χ2v) is 4.51. The van der Waals surface area contributed by atoms with Crippen LogP contribution in [0.15, 0.2) is 30.5 Å². The first kappa shape index (κ1) is 14.0. The van der Waals surface area contributed by atoms with Gasteiger partial charge in [0.1, 0.15) is 5.52 Å². The van der Waals surface area contributed by atoms with Gasteiger partial charge in [-0.15, -0.1) is 0 Å². The van der Waals surface area contributed by atoms with Crippen molar-refractivity contribution in [2.24, 2.45) is 5.84 Å². The summed E-state index contributed by atoms with van der Waals surface area (Å²) in [7, 11) is 0. The van der Waals surface area contributed by atoms with E-state index in [0.29, 0.717) is 24.9 Å². The van der Waals surface area contributed by atoms with E-state index in [9.17, 15) is 14.9 Å². The molecule has 0 bridgehead atoms. The molecule has 0 atom stereocenters. The Morgan fingerprint density at radius 1 is 1.35 bits per heavy atom. The first-order chi connectivity index (χ1) is 9.63. The number of fused-ring (bicyclic) bond motifs is 1. The summed E-state index contributed by atoms with van der Waals surface area (Å²) in [5, 5.41) is 11.9. The number of nitrogens with zero attached hydrogens (tertiary/aromatic N) is 2. The van der Waals surface area contributed by atoms with Crippen LogP contribution in [0.3, 0.4) is 0 Å². The number of aromatic nitrogens is 1. The molecule has 1 amide bonds. The lowest BCUT2D eigenvalue weighted by atomic mass is 10.2. The number of hydrazine groups is 1. The minimum atomic E-state index is -0.374. The fourth-order valence-corrected chi connectivity index (χ4v) is 2.21. The summed E-state index contributed by atoms with van der Waals surface area (Å²) >= 11 is 0. The number of nitrogens with two attached hydrogens (primary N) is 1. The largest absolute Gasteiger partial charge is 0.342 e. The first-order valence-electron chi connectivity index (χ1n) is 6.35. The fraction of sp³-hybridized carbons (Fsp3) is 0.308. The van der Waals surface area contributed by atoms with Crippen molar-refractivity contribution in [3.63, 3.8) is 0 Å². The molecular weight excluding hydrogens is 260 g/mol. The average molecular weight is 276 g/mol. The topological polar surface area (TPSA) is 103 Å². The van der Waals surface area contributed by atoms with Gasteiger partial charge in [0.05, 0.1) is 4.92 Å². The van der Waals surface area contributed by atoms with Crippen LogP contribution >= 0.6 is 0 Å². The van der Waals surface area contributed by atoms with E-state index >= 15 is 0 Å². The Morgan fingerprint density at radius 2 is 2.15 bits per heavy atom. The highest BCUT2D eigenvalue weighted by Crippen LogP contribution is 2.26. The van der Waals surface area contributed by atoms with E-state index in [2.05, 4.69) is 5.43 Å². The van der Waals surface area contributed by atoms with Gasteiger partial charge in [0.25, 0.3) is 5.69 Å². The van der Waals surface area contributed by atoms with Crippen LogP contribution in [0.5, 0.6) is 0 Å². The van der Waals surface area contributed by atoms with Crippen LogP contribution in [0, 0.1) is 10.1 Å². The normalized spacial score (nSPS) is 10.7. The molecule has 0 aliphatic heterocycles. The third-order valence-corrected chi connectivity index (χ3v) is 3.18. The van der Waals surface area contributed by atoms with E-state index in [1.54, 1.807) is 6.07 Å². The molecule has 0 unspecified atom stereocenters. The van der Waals surface area contributed by atoms with Gasteiger partial charge in [0.2, 0.25) is 5.91 Å². The Morgan fingerprint density at radius 3 is 2.85 bits per heavy atom. The molecule has 1 heterocycles. The molecule has 0 radical (unpaired) electrons. The van der Waals surface area contributed by atoms with E-state index in [1.165, 1.54) is 6.07 Å². The Kier molecular flexibility index (Phi) is 4.31. The van der Waals surface area contributed by atoms with E-state index in [0.717, 1.165) is 11.8 Å². The predicted octanol–water partition coefficient (Wildman–Crippen LogP) is 1.71. The number of hydrogen-bond acceptors (Lipinski definition) is 4. The minimum absolute atomic E-state index is 0.104. The van der Waals surface area contributed by atoms with Crippen LogP contribution in [0.4, 0.5) is 5.69 Å². The van der Waals surface area contributed by atoms with E-state index in [1.807, 2.05) is 22.9 Å². The molecule has 106 valence electrons. The number of aryl methyl sites for hydroxylation is 1. The lowest BCUT2D eigenvalue weighted by Crippen LogP contribution is -2.29. The summed E-state index contributed by atoms with van der Waals surface area (Å²) in [6, 6.07) is 6.88. The number of para-hydroxylation sites is 1. The zero-order chi connectivity index (χ0) is 14.5. The Hall–Kier alpha value is -2.41. The van der Waals surface area contributed by atoms with Crippen molar-refractivity contribution in [2.45, 2.75) is 25.8 Å². The minimum Gasteiger partial charge on any atom is -0.342 e. The molecule has 7 nitrogen and oxygen atoms in total. The first-order valence-corrected chi connectivity index (χ1v) is 6.35. The number of benzene rings is 1. The number of rotatable bonds is 6. The monoisotopic (exact) mass is 276 g/mol. The average Bonchev–Trinajstić information content (AvgIpc) is 2.86. The zero-order valence-corrected chi connectivity index (χ0v) is 10.9. The lowest BCUT2D eigenvalue weighted by molar-refractivity contribution is -0.383. The van der Waals surface area contributed by atoms with Gasteiger partial charge < -0.3 is 4.57 Å². The van der Waals surface area contributed by atoms with Crippen LogP contribution < -0.4 is 11.3 Å². The molecule has 20 heavy (non-hydrogen) atoms. The highest BCUT2D eigenvalue weighted by Gasteiger charge is 2.14. The lowest BCUT2D eigenvalue weighted by Gasteiger charge is -2.05. The third-order valence-electron chi connectivity index (χ3n) is 3.18. The Balaban J connectivity index is 2.11. The van der Waals surface area contributed by atoms with Crippen molar-refractivity contribution >= 4 is 22.5 Å². The van der Waals surface area contributed by atoms with Crippen molar-refractivity contribution in [3.05, 3.63) is 40.6 Å². The number of non-ortho nitro benzene ring substituents is 1. The molecule has 3 N–H and O–H groups in total. The van der Waals surface area contributed by atoms with Crippen LogP contribution in [0.25, 0.3) is 10.9 Å². The van der Waals surface area contributed by atoms with Crippen LogP contribution in [0.2, 0.25) is 0 Å². The number of amides is 1. The van der Waals surface area contributed by atoms with Gasteiger partial charge in [-0.2, -0.15) is 0 Å². The van der Waals surface area contributed by atoms with E-state index in [4.69, 9.17) is 5.84 Å². The second kappa shape index (κ2) is 6.16. The number of hydrogen-bond donors (Lipinski definition) is 2. The summed E-state index contributed by atoms with van der Waals surface area (Å²) in [6.07, 6.45) is 3.63. The Bertz CT molecular complexity index is 636. The van der Waals surface area contributed by atoms with Crippen LogP contribution in [0.1, 0.15) is 19.3 Å². The number of carbonyl (C=O) groups excluding carboxylic acids is 1. The van der Waals surface area contributed by atoms with Gasteiger partial charge in [0, 0.05) is 30.6 Å². The Labute approximate surface area is 115 Å². The molecule has 0 saturated heterocycles. The van der Waals surface area contributed by atoms with Gasteiger partial charge >= 0.3 is 0 Å². The summed E-state index contributed by atoms with van der Waals surface area (Å²) in [5.41, 5.74) is 2.81. The smallest absolute Gasteiger partial charge is 0.293 e. The quantitative estimate of drug-likeness (QED) is 0.275. The molecule has 0 spiro atoms. The number of unbranched alkanes of at least 4 members (excludes halogenated alkanes) is 1. The molecule has 1 aromatic carbocycles. The number of carbonyl (C=O) groups is 1. The molecular formula is C13H16N4O3. The maximum atomic E-state index is 11.0. The zero-order valence-electron chi connectivity index (χ0n) is 10.9. The van der Waals surface area contributed by atoms with E-state index < -0.39 is 0 Å². The molecule has 0 aliphatic carbocycles. The maximum absolute atomic E-state index is 11.0. The van der Waals surface area contributed by atoms with Gasteiger partial charge in [-0.1, -0.05) is 12.1 Å². The highest BCUT2D eigenvalue weighted by atomic mass is 16.6. The maximum Gasteiger partial charge on any atom is 0.293 e. The SMILES string of the molecule is NNC(=O)CCCCn1ccc2cccc([N+](=O)[O-])c21. The summed E-state index contributed by atoms with van der Waals surface area (Å²) < 4.78 is 1.85. The second-order valence-electron chi connectivity index (χ2n) is 4.51. The summed E-state index contributed by atoms with van der Waals surface area (Å²) in [5.74, 6) is 4.80. The van der Waals surface area contributed by atoms with Crippen molar-refractivity contribution < 1.29 is 9.72 Å². The number of nitro groups is 1. The van der Waals surface area contributed by atoms with Gasteiger partial charge in [-0.3, -0.25) is 20.3 Å². The number of nitro benzene ring substituents is 1. The standard InChI is InChI=1S/C13H16N4O3/c14-15-12(18)6-1-2-8-16-9-7-10-4-3-5-11(13(10)16)17(19)20/h3-5,7,9H,1-2,6,8,14H2,(H,15,18). The van der Waals surface area contributed by atoms with Crippen molar-refractivity contribution in [1.29, 1.82) is 0 Å². The molecule has 0 fully saturated rings. The molecule has 2 aromatic rings. The van der Waals surface area contributed by atoms with E-state index in [-0.39, 0.29) is 16.5 Å². The summed E-state index contributed by atoms with van der Waals surface area (Å²) in [6.45, 7) is 0.631. The van der Waals surface area contributed by atoms with Gasteiger partial charge in [-0.25, -0.2) is 5.84 Å². The molecule has 0 aliphatic rings. The van der Waals surface area contributed by atoms with Crippen LogP contribution in [-0.4, -0.2) is 15.4 Å². The van der Waals surface area contributed by atoms with Gasteiger partial charge in [0.15, 0.2) is 0 Å². The fourth-order valence-electron chi connectivity index (χ4n) is 2.21. The summed E-state index contributed by atoms with van der Waals surface area (Å²) in [4.78, 5) is 21.7. The van der Waals surface area contributed by atoms with Crippen molar-refractivity contribution in [2.75, 3.05) is 0 Å². The van der Waals surface area contributed by atoms with Crippen molar-refractivity contribution in [1.82, 2.24) is 9.99 Å². The molecule has 1 aromatic heterocycles. The third kappa shape index (κ3) is 2.94. The van der Waals surface area contributed by atoms with Gasteiger partial charge in [-0.05, 0) is 18.9 Å². The molecule has 2 rings (SSSR count). The van der Waals surface area contributed by atoms with Crippen molar-refractivity contribution in [3.8, 4) is 0 Å². The molecule has 7 heteroatoms.